The van der Waals surface area contributed by atoms with E-state index in [0.717, 1.165) is 0 Å². The Labute approximate surface area is 109 Å². The van der Waals surface area contributed by atoms with Crippen molar-refractivity contribution < 1.29 is 14.3 Å². The summed E-state index contributed by atoms with van der Waals surface area (Å²) in [7, 11) is 1.60. The van der Waals surface area contributed by atoms with Gasteiger partial charge in [0.25, 0.3) is 0 Å². The van der Waals surface area contributed by atoms with Gasteiger partial charge < -0.3 is 15.3 Å². The summed E-state index contributed by atoms with van der Waals surface area (Å²) in [5, 5.41) is 9.12. The summed E-state index contributed by atoms with van der Waals surface area (Å²) in [4.78, 5) is 22.5. The van der Waals surface area contributed by atoms with Gasteiger partial charge in [-0.25, -0.2) is 4.79 Å². The fraction of sp³-hybridized carbons (Fsp3) is 0.385. The van der Waals surface area contributed by atoms with Crippen LogP contribution in [0.2, 0.25) is 0 Å². The van der Waals surface area contributed by atoms with E-state index >= 15 is 0 Å². The molecule has 0 aliphatic rings. The lowest BCUT2D eigenvalue weighted by Gasteiger charge is -2.18. The van der Waals surface area contributed by atoms with Crippen LogP contribution in [0.15, 0.2) is 27.4 Å². The molecule has 102 valence electrons. The zero-order chi connectivity index (χ0) is 14.2. The number of nitrogens with zero attached hydrogens (tertiary/aromatic N) is 1. The molecule has 0 aliphatic heterocycles. The molecule has 0 fully saturated rings. The molecule has 19 heavy (non-hydrogen) atoms. The van der Waals surface area contributed by atoms with Crippen LogP contribution in [0, 0.1) is 5.92 Å². The normalized spacial score (nSPS) is 14.5. The maximum absolute atomic E-state index is 11.4. The Kier molecular flexibility index (Phi) is 3.44. The Hall–Kier alpha value is -2.08. The van der Waals surface area contributed by atoms with Gasteiger partial charge in [-0.2, -0.15) is 0 Å². The average Bonchev–Trinajstić information content (AvgIpc) is 2.65. The molecule has 0 amide bonds. The van der Waals surface area contributed by atoms with Gasteiger partial charge in [-0.05, 0) is 24.1 Å². The van der Waals surface area contributed by atoms with Crippen LogP contribution in [0.3, 0.4) is 0 Å². The molecule has 0 aliphatic carbocycles. The molecular weight excluding hydrogens is 248 g/mol. The molecule has 1 aromatic heterocycles. The van der Waals surface area contributed by atoms with Crippen molar-refractivity contribution in [2.45, 2.75) is 19.4 Å². The van der Waals surface area contributed by atoms with E-state index < -0.39 is 23.7 Å². The quantitative estimate of drug-likeness (QED) is 0.865. The number of hydrogen-bond acceptors (Lipinski definition) is 4. The first-order valence-corrected chi connectivity index (χ1v) is 6.03. The Morgan fingerprint density at radius 3 is 2.79 bits per heavy atom. The van der Waals surface area contributed by atoms with Gasteiger partial charge in [0.05, 0.1) is 11.4 Å². The molecule has 6 nitrogen and oxygen atoms in total. The molecule has 3 N–H and O–H groups in total. The molecule has 2 aromatic rings. The van der Waals surface area contributed by atoms with E-state index in [2.05, 4.69) is 0 Å². The van der Waals surface area contributed by atoms with Gasteiger partial charge in [0.15, 0.2) is 5.58 Å². The standard InChI is InChI=1S/C13H16N2O4/c1-3-8(12(16)17)11(14)7-4-5-10-9(6-7)15(2)13(18)19-10/h4-6,8,11H,3,14H2,1-2H3,(H,16,17). The van der Waals surface area contributed by atoms with E-state index in [1.807, 2.05) is 0 Å². The van der Waals surface area contributed by atoms with E-state index in [1.54, 1.807) is 32.2 Å². The summed E-state index contributed by atoms with van der Waals surface area (Å²) in [6.07, 6.45) is 0.443. The second kappa shape index (κ2) is 4.89. The second-order valence-corrected chi connectivity index (χ2v) is 4.53. The number of aromatic nitrogens is 1. The highest BCUT2D eigenvalue weighted by atomic mass is 16.4. The maximum atomic E-state index is 11.4. The molecule has 0 spiro atoms. The molecule has 0 saturated carbocycles. The van der Waals surface area contributed by atoms with Gasteiger partial charge in [0.1, 0.15) is 0 Å². The van der Waals surface area contributed by atoms with Gasteiger partial charge >= 0.3 is 11.7 Å². The lowest BCUT2D eigenvalue weighted by atomic mass is 9.91. The number of benzene rings is 1. The van der Waals surface area contributed by atoms with Gasteiger partial charge in [0, 0.05) is 13.1 Å². The Morgan fingerprint density at radius 2 is 2.21 bits per heavy atom. The summed E-state index contributed by atoms with van der Waals surface area (Å²) in [5.74, 6) is -2.02. The van der Waals surface area contributed by atoms with Crippen molar-refractivity contribution in [1.82, 2.24) is 4.57 Å². The van der Waals surface area contributed by atoms with E-state index in [4.69, 9.17) is 15.3 Å². The Morgan fingerprint density at radius 1 is 1.53 bits per heavy atom. The third-order valence-electron chi connectivity index (χ3n) is 3.39. The fourth-order valence-corrected chi connectivity index (χ4v) is 2.17. The summed E-state index contributed by atoms with van der Waals surface area (Å²) >= 11 is 0. The van der Waals surface area contributed by atoms with E-state index in [1.165, 1.54) is 4.57 Å². The minimum Gasteiger partial charge on any atom is -0.481 e. The number of oxazole rings is 1. The van der Waals surface area contributed by atoms with Crippen molar-refractivity contribution in [1.29, 1.82) is 0 Å². The molecule has 2 rings (SSSR count). The molecule has 6 heteroatoms. The van der Waals surface area contributed by atoms with E-state index in [-0.39, 0.29) is 0 Å². The van der Waals surface area contributed by atoms with Crippen molar-refractivity contribution in [2.24, 2.45) is 18.7 Å². The van der Waals surface area contributed by atoms with Gasteiger partial charge in [-0.15, -0.1) is 0 Å². The topological polar surface area (TPSA) is 98.5 Å². The summed E-state index contributed by atoms with van der Waals surface area (Å²) in [6, 6.07) is 4.43. The SMILES string of the molecule is CCC(C(=O)O)C(N)c1ccc2oc(=O)n(C)c2c1. The highest BCUT2D eigenvalue weighted by molar-refractivity contribution is 5.75. The number of nitrogens with two attached hydrogens (primary N) is 1. The van der Waals surface area contributed by atoms with Crippen LogP contribution in [-0.2, 0) is 11.8 Å². The van der Waals surface area contributed by atoms with Crippen LogP contribution in [0.25, 0.3) is 11.1 Å². The highest BCUT2D eigenvalue weighted by Crippen LogP contribution is 2.25. The second-order valence-electron chi connectivity index (χ2n) is 4.53. The first-order chi connectivity index (χ1) is 8.95. The third-order valence-corrected chi connectivity index (χ3v) is 3.39. The number of fused-ring (bicyclic) bond motifs is 1. The van der Waals surface area contributed by atoms with E-state index in [0.29, 0.717) is 23.1 Å². The number of carbonyl (C=O) groups is 1. The molecule has 1 heterocycles. The minimum absolute atomic E-state index is 0.443. The Bertz CT molecular complexity index is 671. The third kappa shape index (κ3) is 2.26. The van der Waals surface area contributed by atoms with Crippen LogP contribution in [0.5, 0.6) is 0 Å². The smallest absolute Gasteiger partial charge is 0.419 e. The summed E-state index contributed by atoms with van der Waals surface area (Å²) in [6.45, 7) is 1.78. The van der Waals surface area contributed by atoms with Crippen LogP contribution < -0.4 is 11.5 Å². The minimum atomic E-state index is -0.920. The lowest BCUT2D eigenvalue weighted by molar-refractivity contribution is -0.142. The molecule has 2 unspecified atom stereocenters. The van der Waals surface area contributed by atoms with Crippen molar-refractivity contribution >= 4 is 17.1 Å². The van der Waals surface area contributed by atoms with Crippen molar-refractivity contribution in [3.05, 3.63) is 34.3 Å². The number of rotatable bonds is 4. The predicted molar refractivity (Wildman–Crippen MR) is 69.8 cm³/mol. The molecule has 1 aromatic carbocycles. The zero-order valence-corrected chi connectivity index (χ0v) is 10.8. The fourth-order valence-electron chi connectivity index (χ4n) is 2.17. The van der Waals surface area contributed by atoms with Crippen molar-refractivity contribution in [3.8, 4) is 0 Å². The molecule has 0 radical (unpaired) electrons. The predicted octanol–water partition coefficient (Wildman–Crippen LogP) is 1.24. The molecule has 2 atom stereocenters. The molecule has 0 saturated heterocycles. The van der Waals surface area contributed by atoms with Crippen LogP contribution in [-0.4, -0.2) is 15.6 Å². The van der Waals surface area contributed by atoms with Crippen LogP contribution in [0.4, 0.5) is 0 Å². The van der Waals surface area contributed by atoms with Crippen molar-refractivity contribution in [3.63, 3.8) is 0 Å². The maximum Gasteiger partial charge on any atom is 0.419 e. The van der Waals surface area contributed by atoms with E-state index in [9.17, 15) is 9.59 Å². The van der Waals surface area contributed by atoms with Gasteiger partial charge in [-0.3, -0.25) is 9.36 Å². The highest BCUT2D eigenvalue weighted by Gasteiger charge is 2.25. The first kappa shape index (κ1) is 13.4. The number of hydrogen-bond donors (Lipinski definition) is 2. The number of aryl methyl sites for hydroxylation is 1. The van der Waals surface area contributed by atoms with Gasteiger partial charge in [-0.1, -0.05) is 13.0 Å². The van der Waals surface area contributed by atoms with Gasteiger partial charge in [0.2, 0.25) is 0 Å². The lowest BCUT2D eigenvalue weighted by Crippen LogP contribution is -2.27. The number of carboxylic acids is 1. The van der Waals surface area contributed by atoms with Crippen LogP contribution >= 0.6 is 0 Å². The average molecular weight is 264 g/mol. The first-order valence-electron chi connectivity index (χ1n) is 6.03. The largest absolute Gasteiger partial charge is 0.481 e. The van der Waals surface area contributed by atoms with Crippen molar-refractivity contribution in [2.75, 3.05) is 0 Å². The number of carboxylic acid groups (broad SMARTS) is 1. The number of aliphatic carboxylic acids is 1. The molecule has 0 bridgehead atoms. The zero-order valence-electron chi connectivity index (χ0n) is 10.8. The Balaban J connectivity index is 2.48. The van der Waals surface area contributed by atoms with Crippen LogP contribution in [0.1, 0.15) is 24.9 Å². The monoisotopic (exact) mass is 264 g/mol. The molecular formula is C13H16N2O4. The summed E-state index contributed by atoms with van der Waals surface area (Å²) < 4.78 is 6.39. The summed E-state index contributed by atoms with van der Waals surface area (Å²) in [5.41, 5.74) is 7.75.